The van der Waals surface area contributed by atoms with E-state index in [1.54, 1.807) is 6.21 Å². The van der Waals surface area contributed by atoms with Crippen LogP contribution in [-0.4, -0.2) is 11.4 Å². The van der Waals surface area contributed by atoms with Gasteiger partial charge in [-0.15, -0.1) is 5.10 Å². The number of benzene rings is 3. The van der Waals surface area contributed by atoms with E-state index in [1.165, 1.54) is 17.3 Å². The molecular formula is C22H20BrN3OS. The van der Waals surface area contributed by atoms with E-state index in [2.05, 4.69) is 38.3 Å². The Hall–Kier alpha value is -2.57. The average Bonchev–Trinajstić information content (AvgIpc) is 2.73. The van der Waals surface area contributed by atoms with E-state index in [9.17, 15) is 0 Å². The highest BCUT2D eigenvalue weighted by atomic mass is 79.9. The SMILES string of the molecule is NC(=NN=Cc1ccccc1OCc1ccc(Br)cc1)SCc1ccccc1. The van der Waals surface area contributed by atoms with Crippen molar-refractivity contribution in [3.05, 3.63) is 100 Å². The third-order valence-corrected chi connectivity index (χ3v) is 5.19. The molecule has 0 heterocycles. The van der Waals surface area contributed by atoms with Crippen LogP contribution in [0.15, 0.2) is 93.5 Å². The van der Waals surface area contributed by atoms with E-state index in [4.69, 9.17) is 10.5 Å². The predicted molar refractivity (Wildman–Crippen MR) is 122 cm³/mol. The summed E-state index contributed by atoms with van der Waals surface area (Å²) in [4.78, 5) is 0. The maximum atomic E-state index is 5.93. The van der Waals surface area contributed by atoms with Gasteiger partial charge in [0.25, 0.3) is 0 Å². The molecule has 0 aliphatic carbocycles. The van der Waals surface area contributed by atoms with Crippen LogP contribution in [0.1, 0.15) is 16.7 Å². The third kappa shape index (κ3) is 6.55. The zero-order chi connectivity index (χ0) is 19.6. The Morgan fingerprint density at radius 3 is 2.43 bits per heavy atom. The van der Waals surface area contributed by atoms with Gasteiger partial charge in [-0.2, -0.15) is 5.10 Å². The average molecular weight is 454 g/mol. The van der Waals surface area contributed by atoms with Gasteiger partial charge >= 0.3 is 0 Å². The van der Waals surface area contributed by atoms with E-state index in [-0.39, 0.29) is 0 Å². The Kier molecular flexibility index (Phi) is 7.70. The minimum atomic E-state index is 0.424. The molecule has 0 fully saturated rings. The van der Waals surface area contributed by atoms with Crippen molar-refractivity contribution in [1.29, 1.82) is 0 Å². The first-order valence-corrected chi connectivity index (χ1v) is 10.5. The molecule has 0 saturated heterocycles. The van der Waals surface area contributed by atoms with Crippen molar-refractivity contribution in [2.45, 2.75) is 12.4 Å². The summed E-state index contributed by atoms with van der Waals surface area (Å²) in [6.07, 6.45) is 1.66. The number of amidine groups is 1. The molecule has 2 N–H and O–H groups in total. The van der Waals surface area contributed by atoms with Gasteiger partial charge in [-0.3, -0.25) is 0 Å². The number of hydrogen-bond donors (Lipinski definition) is 1. The second kappa shape index (κ2) is 10.7. The molecule has 0 unspecified atom stereocenters. The number of thioether (sulfide) groups is 1. The van der Waals surface area contributed by atoms with Gasteiger partial charge in [0.05, 0.1) is 6.21 Å². The van der Waals surface area contributed by atoms with Gasteiger partial charge in [0, 0.05) is 15.8 Å². The minimum Gasteiger partial charge on any atom is -0.488 e. The van der Waals surface area contributed by atoms with Crippen LogP contribution in [0.2, 0.25) is 0 Å². The van der Waals surface area contributed by atoms with Gasteiger partial charge in [0.2, 0.25) is 0 Å². The first kappa shape index (κ1) is 20.2. The topological polar surface area (TPSA) is 60.0 Å². The summed E-state index contributed by atoms with van der Waals surface area (Å²) in [5, 5.41) is 8.61. The number of nitrogens with zero attached hydrogens (tertiary/aromatic N) is 2. The third-order valence-electron chi connectivity index (χ3n) is 3.81. The Morgan fingerprint density at radius 1 is 0.929 bits per heavy atom. The first-order valence-electron chi connectivity index (χ1n) is 8.70. The fourth-order valence-corrected chi connectivity index (χ4v) is 3.24. The number of para-hydroxylation sites is 1. The molecule has 3 aromatic carbocycles. The molecule has 0 saturated carbocycles. The lowest BCUT2D eigenvalue weighted by Gasteiger charge is -2.08. The minimum absolute atomic E-state index is 0.424. The van der Waals surface area contributed by atoms with E-state index in [0.29, 0.717) is 11.8 Å². The quantitative estimate of drug-likeness (QED) is 0.287. The van der Waals surface area contributed by atoms with Gasteiger partial charge in [0.1, 0.15) is 12.4 Å². The van der Waals surface area contributed by atoms with Crippen molar-refractivity contribution in [2.75, 3.05) is 0 Å². The summed E-state index contributed by atoms with van der Waals surface area (Å²) >= 11 is 4.89. The summed E-state index contributed by atoms with van der Waals surface area (Å²) < 4.78 is 6.98. The van der Waals surface area contributed by atoms with Gasteiger partial charge in [0.15, 0.2) is 5.17 Å². The Bertz CT molecular complexity index is 944. The van der Waals surface area contributed by atoms with Crippen LogP contribution < -0.4 is 10.5 Å². The lowest BCUT2D eigenvalue weighted by Crippen LogP contribution is -2.06. The molecule has 142 valence electrons. The van der Waals surface area contributed by atoms with Crippen LogP contribution >= 0.6 is 27.7 Å². The van der Waals surface area contributed by atoms with Gasteiger partial charge in [-0.25, -0.2) is 0 Å². The number of rotatable bonds is 7. The molecule has 0 aliphatic heterocycles. The van der Waals surface area contributed by atoms with Crippen LogP contribution in [0.25, 0.3) is 0 Å². The molecule has 0 atom stereocenters. The maximum absolute atomic E-state index is 5.93. The summed E-state index contributed by atoms with van der Waals surface area (Å²) in [6, 6.07) is 25.9. The molecule has 3 rings (SSSR count). The summed E-state index contributed by atoms with van der Waals surface area (Å²) in [5.41, 5.74) is 9.07. The molecule has 0 spiro atoms. The molecule has 0 radical (unpaired) electrons. The number of nitrogens with two attached hydrogens (primary N) is 1. The van der Waals surface area contributed by atoms with Crippen molar-refractivity contribution in [1.82, 2.24) is 0 Å². The van der Waals surface area contributed by atoms with E-state index in [0.717, 1.165) is 27.1 Å². The van der Waals surface area contributed by atoms with E-state index in [1.807, 2.05) is 66.7 Å². The second-order valence-corrected chi connectivity index (χ2v) is 7.82. The lowest BCUT2D eigenvalue weighted by molar-refractivity contribution is 0.306. The summed E-state index contributed by atoms with van der Waals surface area (Å²) in [7, 11) is 0. The Labute approximate surface area is 177 Å². The van der Waals surface area contributed by atoms with Gasteiger partial charge in [-0.05, 0) is 35.4 Å². The highest BCUT2D eigenvalue weighted by molar-refractivity contribution is 9.10. The first-order chi connectivity index (χ1) is 13.7. The molecule has 4 nitrogen and oxygen atoms in total. The summed E-state index contributed by atoms with van der Waals surface area (Å²) in [6.45, 7) is 0.483. The highest BCUT2D eigenvalue weighted by Gasteiger charge is 2.02. The van der Waals surface area contributed by atoms with Crippen molar-refractivity contribution < 1.29 is 4.74 Å². The monoisotopic (exact) mass is 453 g/mol. The molecule has 0 bridgehead atoms. The standard InChI is InChI=1S/C22H20BrN3OS/c23-20-12-10-17(11-13-20)15-27-21-9-5-4-8-19(21)14-25-26-22(24)28-16-18-6-2-1-3-7-18/h1-14H,15-16H2,(H2,24,26). The molecular weight excluding hydrogens is 434 g/mol. The second-order valence-electron chi connectivity index (χ2n) is 5.91. The molecule has 0 amide bonds. The largest absolute Gasteiger partial charge is 0.488 e. The highest BCUT2D eigenvalue weighted by Crippen LogP contribution is 2.19. The van der Waals surface area contributed by atoms with Crippen LogP contribution in [0, 0.1) is 0 Å². The molecule has 6 heteroatoms. The number of hydrogen-bond acceptors (Lipinski definition) is 4. The van der Waals surface area contributed by atoms with Crippen LogP contribution in [0.3, 0.4) is 0 Å². The van der Waals surface area contributed by atoms with Crippen molar-refractivity contribution >= 4 is 39.1 Å². The Morgan fingerprint density at radius 2 is 1.64 bits per heavy atom. The smallest absolute Gasteiger partial charge is 0.180 e. The van der Waals surface area contributed by atoms with Crippen molar-refractivity contribution in [3.8, 4) is 5.75 Å². The van der Waals surface area contributed by atoms with E-state index >= 15 is 0 Å². The normalized spacial score (nSPS) is 11.7. The van der Waals surface area contributed by atoms with Crippen molar-refractivity contribution in [2.24, 2.45) is 15.9 Å². The van der Waals surface area contributed by atoms with Crippen LogP contribution in [-0.2, 0) is 12.4 Å². The summed E-state index contributed by atoms with van der Waals surface area (Å²) in [5.74, 6) is 1.51. The van der Waals surface area contributed by atoms with Gasteiger partial charge in [-0.1, -0.05) is 82.3 Å². The number of ether oxygens (including phenoxy) is 1. The molecule has 0 aromatic heterocycles. The van der Waals surface area contributed by atoms with Gasteiger partial charge < -0.3 is 10.5 Å². The van der Waals surface area contributed by atoms with Crippen molar-refractivity contribution in [3.63, 3.8) is 0 Å². The zero-order valence-electron chi connectivity index (χ0n) is 15.2. The van der Waals surface area contributed by atoms with Crippen LogP contribution in [0.4, 0.5) is 0 Å². The predicted octanol–water partition coefficient (Wildman–Crippen LogP) is 5.61. The lowest BCUT2D eigenvalue weighted by atomic mass is 10.2. The fraction of sp³-hybridized carbons (Fsp3) is 0.0909. The number of halogens is 1. The fourth-order valence-electron chi connectivity index (χ4n) is 2.37. The van der Waals surface area contributed by atoms with E-state index < -0.39 is 0 Å². The Balaban J connectivity index is 1.58. The maximum Gasteiger partial charge on any atom is 0.180 e. The molecule has 28 heavy (non-hydrogen) atoms. The van der Waals surface area contributed by atoms with Crippen LogP contribution in [0.5, 0.6) is 5.75 Å². The zero-order valence-corrected chi connectivity index (χ0v) is 17.6. The molecule has 3 aromatic rings. The molecule has 0 aliphatic rings.